The third-order valence-corrected chi connectivity index (χ3v) is 7.77. The molecule has 1 aliphatic heterocycles. The molecule has 0 aliphatic carbocycles. The second-order valence-electron chi connectivity index (χ2n) is 8.70. The van der Waals surface area contributed by atoms with Crippen LogP contribution in [0.25, 0.3) is 43.1 Å². The van der Waals surface area contributed by atoms with E-state index in [9.17, 15) is 22.6 Å². The van der Waals surface area contributed by atoms with Crippen molar-refractivity contribution in [3.8, 4) is 0 Å². The fourth-order valence-corrected chi connectivity index (χ4v) is 5.91. The summed E-state index contributed by atoms with van der Waals surface area (Å²) in [7, 11) is -4.39. The minimum absolute atomic E-state index is 0.224. The maximum Gasteiger partial charge on any atom is 0.294 e. The van der Waals surface area contributed by atoms with Crippen molar-refractivity contribution in [3.63, 3.8) is 0 Å². The molecule has 7 heteroatoms. The summed E-state index contributed by atoms with van der Waals surface area (Å²) < 4.78 is 32.1. The lowest BCUT2D eigenvalue weighted by molar-refractivity contribution is 0.0893. The monoisotopic (exact) mass is 477 g/mol. The summed E-state index contributed by atoms with van der Waals surface area (Å²) in [4.78, 5) is 27.9. The highest BCUT2D eigenvalue weighted by Gasteiger charge is 2.35. The van der Waals surface area contributed by atoms with E-state index < -0.39 is 21.9 Å². The van der Waals surface area contributed by atoms with Crippen molar-refractivity contribution in [2.75, 3.05) is 4.90 Å². The number of rotatable bonds is 2. The number of carbonyl (C=O) groups is 2. The van der Waals surface area contributed by atoms with Crippen molar-refractivity contribution in [2.45, 2.75) is 4.90 Å². The van der Waals surface area contributed by atoms with Gasteiger partial charge in [0.15, 0.2) is 0 Å². The summed E-state index contributed by atoms with van der Waals surface area (Å²) in [5, 5.41) is 7.90. The molecule has 0 atom stereocenters. The molecule has 0 spiro atoms. The Hall–Kier alpha value is -4.33. The molecular formula is C28H15NO5S. The van der Waals surface area contributed by atoms with Crippen LogP contribution in [-0.4, -0.2) is 24.8 Å². The third-order valence-electron chi connectivity index (χ3n) is 6.91. The Bertz CT molecular complexity index is 1910. The second kappa shape index (κ2) is 6.63. The zero-order valence-corrected chi connectivity index (χ0v) is 18.8. The predicted octanol–water partition coefficient (Wildman–Crippen LogP) is 5.78. The zero-order valence-electron chi connectivity index (χ0n) is 18.0. The van der Waals surface area contributed by atoms with E-state index in [1.165, 1.54) is 24.3 Å². The van der Waals surface area contributed by atoms with Gasteiger partial charge in [0, 0.05) is 16.5 Å². The molecule has 0 bridgehead atoms. The van der Waals surface area contributed by atoms with Gasteiger partial charge in [-0.2, -0.15) is 8.42 Å². The van der Waals surface area contributed by atoms with E-state index in [-0.39, 0.29) is 10.6 Å². The van der Waals surface area contributed by atoms with Crippen LogP contribution in [0.5, 0.6) is 0 Å². The Balaban J connectivity index is 1.53. The molecule has 0 fully saturated rings. The van der Waals surface area contributed by atoms with E-state index in [0.29, 0.717) is 16.5 Å². The van der Waals surface area contributed by atoms with Gasteiger partial charge in [-0.1, -0.05) is 48.5 Å². The molecule has 0 saturated heterocycles. The molecule has 2 amide bonds. The number of imide groups is 1. The van der Waals surface area contributed by atoms with Crippen molar-refractivity contribution in [3.05, 3.63) is 96.1 Å². The van der Waals surface area contributed by atoms with Gasteiger partial charge in [-0.15, -0.1) is 0 Å². The average molecular weight is 477 g/mol. The molecule has 0 aromatic heterocycles. The molecule has 1 heterocycles. The number of carbonyl (C=O) groups excluding carboxylic acids is 2. The van der Waals surface area contributed by atoms with E-state index in [4.69, 9.17) is 0 Å². The maximum absolute atomic E-state index is 13.6. The van der Waals surface area contributed by atoms with Crippen molar-refractivity contribution >= 4 is 70.7 Å². The lowest BCUT2D eigenvalue weighted by Gasteiger charge is -2.28. The molecule has 168 valence electrons. The highest BCUT2D eigenvalue weighted by atomic mass is 32.2. The summed E-state index contributed by atoms with van der Waals surface area (Å²) in [6.07, 6.45) is 0. The fraction of sp³-hybridized carbons (Fsp3) is 0. The van der Waals surface area contributed by atoms with Gasteiger partial charge in [-0.3, -0.25) is 14.1 Å². The first-order valence-corrected chi connectivity index (χ1v) is 12.4. The Morgan fingerprint density at radius 1 is 0.571 bits per heavy atom. The summed E-state index contributed by atoms with van der Waals surface area (Å²) in [5.74, 6) is -0.967. The first-order chi connectivity index (χ1) is 16.8. The van der Waals surface area contributed by atoms with Crippen LogP contribution in [0.15, 0.2) is 89.8 Å². The quantitative estimate of drug-likeness (QED) is 0.148. The summed E-state index contributed by atoms with van der Waals surface area (Å²) in [6, 6.07) is 24.7. The molecule has 6 nitrogen and oxygen atoms in total. The molecule has 35 heavy (non-hydrogen) atoms. The van der Waals surface area contributed by atoms with Gasteiger partial charge in [0.1, 0.15) is 0 Å². The van der Waals surface area contributed by atoms with Crippen LogP contribution in [-0.2, 0) is 10.1 Å². The van der Waals surface area contributed by atoms with Crippen LogP contribution in [0.4, 0.5) is 5.69 Å². The Labute approximate surface area is 199 Å². The van der Waals surface area contributed by atoms with E-state index in [1.54, 1.807) is 12.1 Å². The van der Waals surface area contributed by atoms with Crippen molar-refractivity contribution in [1.29, 1.82) is 0 Å². The summed E-state index contributed by atoms with van der Waals surface area (Å²) in [5.41, 5.74) is 1.04. The number of hydrogen-bond donors (Lipinski definition) is 1. The van der Waals surface area contributed by atoms with Gasteiger partial charge >= 0.3 is 0 Å². The second-order valence-corrected chi connectivity index (χ2v) is 10.1. The predicted molar refractivity (Wildman–Crippen MR) is 135 cm³/mol. The molecule has 6 aromatic carbocycles. The highest BCUT2D eigenvalue weighted by molar-refractivity contribution is 7.85. The van der Waals surface area contributed by atoms with Gasteiger partial charge in [0.05, 0.1) is 10.6 Å². The molecular weight excluding hydrogens is 462 g/mol. The number of hydrogen-bond acceptors (Lipinski definition) is 4. The fourth-order valence-electron chi connectivity index (χ4n) is 5.43. The lowest BCUT2D eigenvalue weighted by atomic mass is 9.85. The normalized spacial score (nSPS) is 14.1. The highest BCUT2D eigenvalue weighted by Crippen LogP contribution is 2.44. The van der Waals surface area contributed by atoms with E-state index in [2.05, 4.69) is 24.3 Å². The van der Waals surface area contributed by atoms with Crippen LogP contribution in [0, 0.1) is 0 Å². The van der Waals surface area contributed by atoms with E-state index in [1.807, 2.05) is 24.3 Å². The molecule has 1 N–H and O–H groups in total. The van der Waals surface area contributed by atoms with Gasteiger partial charge in [-0.05, 0) is 74.1 Å². The standard InChI is InChI=1S/C28H15NO5S/c30-27-22-13-11-20-18-5-1-3-15-4-2-6-19(24(15)18)21-12-14-23(26(22)25(20)21)28(31)29(27)16-7-9-17(10-8-16)35(32,33)34/h1-14H,(H,32,33,34). The topological polar surface area (TPSA) is 91.8 Å². The largest absolute Gasteiger partial charge is 0.294 e. The van der Waals surface area contributed by atoms with Crippen LogP contribution in [0.1, 0.15) is 20.7 Å². The summed E-state index contributed by atoms with van der Waals surface area (Å²) >= 11 is 0. The lowest BCUT2D eigenvalue weighted by Crippen LogP contribution is -2.40. The Morgan fingerprint density at radius 2 is 1.09 bits per heavy atom. The van der Waals surface area contributed by atoms with Crippen LogP contribution < -0.4 is 4.90 Å². The number of nitrogens with zero attached hydrogens (tertiary/aromatic N) is 1. The smallest absolute Gasteiger partial charge is 0.282 e. The van der Waals surface area contributed by atoms with E-state index >= 15 is 0 Å². The average Bonchev–Trinajstić information content (AvgIpc) is 2.86. The van der Waals surface area contributed by atoms with Crippen LogP contribution in [0.3, 0.4) is 0 Å². The zero-order chi connectivity index (χ0) is 24.1. The van der Waals surface area contributed by atoms with Gasteiger partial charge in [0.2, 0.25) is 0 Å². The first kappa shape index (κ1) is 20.1. The number of amides is 2. The van der Waals surface area contributed by atoms with E-state index in [0.717, 1.165) is 42.6 Å². The van der Waals surface area contributed by atoms with Crippen molar-refractivity contribution in [1.82, 2.24) is 0 Å². The Morgan fingerprint density at radius 3 is 1.60 bits per heavy atom. The molecule has 6 aromatic rings. The first-order valence-electron chi connectivity index (χ1n) is 10.9. The van der Waals surface area contributed by atoms with Crippen LogP contribution >= 0.6 is 0 Å². The number of fused-ring (bicyclic) bond motifs is 2. The SMILES string of the molecule is O=C1c2ccc3c4cccc5cccc(c6ccc(c2c36)C(=O)N1c1ccc(S(=O)(=O)O)cc1)c54. The molecule has 7 rings (SSSR count). The molecule has 1 aliphatic rings. The van der Waals surface area contributed by atoms with Crippen LogP contribution in [0.2, 0.25) is 0 Å². The molecule has 0 unspecified atom stereocenters. The van der Waals surface area contributed by atoms with Gasteiger partial charge in [-0.25, -0.2) is 4.90 Å². The molecule has 0 radical (unpaired) electrons. The number of benzene rings is 6. The molecule has 0 saturated carbocycles. The Kier molecular flexibility index (Phi) is 3.80. The third kappa shape index (κ3) is 2.59. The minimum atomic E-state index is -4.39. The minimum Gasteiger partial charge on any atom is -0.282 e. The van der Waals surface area contributed by atoms with Gasteiger partial charge in [0.25, 0.3) is 21.9 Å². The maximum atomic E-state index is 13.6. The van der Waals surface area contributed by atoms with Gasteiger partial charge < -0.3 is 0 Å². The summed E-state index contributed by atoms with van der Waals surface area (Å²) in [6.45, 7) is 0. The van der Waals surface area contributed by atoms with Crippen molar-refractivity contribution in [2.24, 2.45) is 0 Å². The number of anilines is 1. The van der Waals surface area contributed by atoms with Crippen molar-refractivity contribution < 1.29 is 22.6 Å².